The van der Waals surface area contributed by atoms with Crippen LogP contribution in [0.25, 0.3) is 0 Å². The Morgan fingerprint density at radius 3 is 2.74 bits per heavy atom. The average molecular weight is 263 g/mol. The van der Waals surface area contributed by atoms with E-state index < -0.39 is 0 Å². The average Bonchev–Trinajstić information content (AvgIpc) is 2.45. The van der Waals surface area contributed by atoms with Gasteiger partial charge in [-0.3, -0.25) is 0 Å². The lowest BCUT2D eigenvalue weighted by atomic mass is 9.85. The molecule has 1 N–H and O–H groups in total. The minimum Gasteiger partial charge on any atom is -0.313 e. The van der Waals surface area contributed by atoms with Crippen molar-refractivity contribution in [3.05, 3.63) is 0 Å². The number of nitrogens with zero attached hydrogens (tertiary/aromatic N) is 2. The van der Waals surface area contributed by atoms with Crippen molar-refractivity contribution in [3.63, 3.8) is 0 Å². The third-order valence-corrected chi connectivity index (χ3v) is 4.90. The number of hydrogen-bond donors (Lipinski definition) is 1. The van der Waals surface area contributed by atoms with Crippen LogP contribution in [0.3, 0.4) is 0 Å². The number of piperidine rings is 1. The smallest absolute Gasteiger partial charge is 0.0672 e. The number of likely N-dealkylation sites (tertiary alicyclic amines) is 1. The summed E-state index contributed by atoms with van der Waals surface area (Å²) in [7, 11) is 0. The monoisotopic (exact) mass is 263 g/mol. The highest BCUT2D eigenvalue weighted by molar-refractivity contribution is 4.94. The van der Waals surface area contributed by atoms with E-state index in [2.05, 4.69) is 23.2 Å². The number of rotatable bonds is 5. The fourth-order valence-electron chi connectivity index (χ4n) is 3.59. The molecule has 1 saturated heterocycles. The molecule has 3 heteroatoms. The Labute approximate surface area is 118 Å². The molecule has 3 atom stereocenters. The van der Waals surface area contributed by atoms with Crippen LogP contribution in [0.15, 0.2) is 0 Å². The SMILES string of the molecule is CC1CCCCN1CCCNC1CCCCC1C#N. The molecule has 0 aromatic heterocycles. The second-order valence-electron chi connectivity index (χ2n) is 6.31. The van der Waals surface area contributed by atoms with E-state index in [9.17, 15) is 0 Å². The van der Waals surface area contributed by atoms with Gasteiger partial charge >= 0.3 is 0 Å². The summed E-state index contributed by atoms with van der Waals surface area (Å²) in [6.07, 6.45) is 10.2. The molecule has 0 radical (unpaired) electrons. The van der Waals surface area contributed by atoms with E-state index in [0.717, 1.165) is 19.0 Å². The molecule has 19 heavy (non-hydrogen) atoms. The second-order valence-corrected chi connectivity index (χ2v) is 6.31. The molecule has 0 spiro atoms. The fourth-order valence-corrected chi connectivity index (χ4v) is 3.59. The zero-order chi connectivity index (χ0) is 13.5. The molecule has 2 fully saturated rings. The summed E-state index contributed by atoms with van der Waals surface area (Å²) in [6, 6.07) is 3.71. The van der Waals surface area contributed by atoms with Gasteiger partial charge in [-0.25, -0.2) is 0 Å². The second kappa shape index (κ2) is 7.87. The van der Waals surface area contributed by atoms with Crippen LogP contribution in [0, 0.1) is 17.2 Å². The molecular formula is C16H29N3. The van der Waals surface area contributed by atoms with Gasteiger partial charge in [0.25, 0.3) is 0 Å². The van der Waals surface area contributed by atoms with Crippen LogP contribution in [-0.2, 0) is 0 Å². The van der Waals surface area contributed by atoms with E-state index in [0.29, 0.717) is 6.04 Å². The number of nitrogens with one attached hydrogen (secondary N) is 1. The third-order valence-electron chi connectivity index (χ3n) is 4.90. The normalized spacial score (nSPS) is 32.9. The van der Waals surface area contributed by atoms with Gasteiger partial charge in [-0.1, -0.05) is 19.3 Å². The highest BCUT2D eigenvalue weighted by Crippen LogP contribution is 2.23. The molecule has 108 valence electrons. The van der Waals surface area contributed by atoms with Crippen molar-refractivity contribution in [2.24, 2.45) is 5.92 Å². The highest BCUT2D eigenvalue weighted by Gasteiger charge is 2.24. The highest BCUT2D eigenvalue weighted by atomic mass is 15.2. The number of nitriles is 1. The first kappa shape index (κ1) is 14.8. The molecule has 0 aromatic rings. The Bertz CT molecular complexity index is 297. The van der Waals surface area contributed by atoms with E-state index >= 15 is 0 Å². The first-order valence-electron chi connectivity index (χ1n) is 8.18. The van der Waals surface area contributed by atoms with Gasteiger partial charge in [0, 0.05) is 12.1 Å². The van der Waals surface area contributed by atoms with Crippen LogP contribution in [0.1, 0.15) is 58.3 Å². The van der Waals surface area contributed by atoms with Gasteiger partial charge in [-0.2, -0.15) is 5.26 Å². The molecule has 3 nitrogen and oxygen atoms in total. The summed E-state index contributed by atoms with van der Waals surface area (Å²) in [4.78, 5) is 2.63. The summed E-state index contributed by atoms with van der Waals surface area (Å²) < 4.78 is 0. The van der Waals surface area contributed by atoms with Crippen molar-refractivity contribution in [2.75, 3.05) is 19.6 Å². The first-order chi connectivity index (χ1) is 9.31. The third kappa shape index (κ3) is 4.47. The van der Waals surface area contributed by atoms with Crippen LogP contribution in [0.4, 0.5) is 0 Å². The van der Waals surface area contributed by atoms with E-state index in [1.807, 2.05) is 0 Å². The van der Waals surface area contributed by atoms with Gasteiger partial charge < -0.3 is 10.2 Å². The zero-order valence-corrected chi connectivity index (χ0v) is 12.4. The van der Waals surface area contributed by atoms with Gasteiger partial charge in [0.2, 0.25) is 0 Å². The summed E-state index contributed by atoms with van der Waals surface area (Å²) >= 11 is 0. The summed E-state index contributed by atoms with van der Waals surface area (Å²) in [5, 5.41) is 12.8. The lowest BCUT2D eigenvalue weighted by Gasteiger charge is -2.33. The molecule has 0 aromatic carbocycles. The number of hydrogen-bond acceptors (Lipinski definition) is 3. The maximum atomic E-state index is 9.16. The van der Waals surface area contributed by atoms with Crippen molar-refractivity contribution in [3.8, 4) is 6.07 Å². The Morgan fingerprint density at radius 1 is 1.16 bits per heavy atom. The van der Waals surface area contributed by atoms with Crippen molar-refractivity contribution in [2.45, 2.75) is 70.4 Å². The molecule has 2 aliphatic rings. The van der Waals surface area contributed by atoms with Crippen LogP contribution >= 0.6 is 0 Å². The predicted molar refractivity (Wildman–Crippen MR) is 78.9 cm³/mol. The standard InChI is InChI=1S/C16H29N3/c1-14-7-4-5-11-19(14)12-6-10-18-16-9-3-2-8-15(16)13-17/h14-16,18H,2-12H2,1H3. The molecule has 1 aliphatic carbocycles. The van der Waals surface area contributed by atoms with E-state index in [1.54, 1.807) is 0 Å². The van der Waals surface area contributed by atoms with Crippen molar-refractivity contribution in [1.82, 2.24) is 10.2 Å². The van der Waals surface area contributed by atoms with Gasteiger partial charge in [-0.05, 0) is 58.7 Å². The minimum atomic E-state index is 0.252. The maximum absolute atomic E-state index is 9.16. The van der Waals surface area contributed by atoms with E-state index in [-0.39, 0.29) is 5.92 Å². The van der Waals surface area contributed by atoms with Crippen molar-refractivity contribution in [1.29, 1.82) is 5.26 Å². The lowest BCUT2D eigenvalue weighted by molar-refractivity contribution is 0.157. The molecule has 1 aliphatic heterocycles. The topological polar surface area (TPSA) is 39.1 Å². The van der Waals surface area contributed by atoms with Gasteiger partial charge in [-0.15, -0.1) is 0 Å². The molecular weight excluding hydrogens is 234 g/mol. The molecule has 3 unspecified atom stereocenters. The molecule has 1 heterocycles. The minimum absolute atomic E-state index is 0.252. The Balaban J connectivity index is 1.62. The predicted octanol–water partition coefficient (Wildman–Crippen LogP) is 2.92. The van der Waals surface area contributed by atoms with E-state index in [1.165, 1.54) is 58.0 Å². The summed E-state index contributed by atoms with van der Waals surface area (Å²) in [5.74, 6) is 0.252. The van der Waals surface area contributed by atoms with Crippen molar-refractivity contribution < 1.29 is 0 Å². The largest absolute Gasteiger partial charge is 0.313 e. The molecule has 2 rings (SSSR count). The fraction of sp³-hybridized carbons (Fsp3) is 0.938. The van der Waals surface area contributed by atoms with Crippen LogP contribution in [-0.4, -0.2) is 36.6 Å². The lowest BCUT2D eigenvalue weighted by Crippen LogP contribution is -2.41. The van der Waals surface area contributed by atoms with Crippen LogP contribution < -0.4 is 5.32 Å². The zero-order valence-electron chi connectivity index (χ0n) is 12.4. The maximum Gasteiger partial charge on any atom is 0.0672 e. The summed E-state index contributed by atoms with van der Waals surface area (Å²) in [5.41, 5.74) is 0. The quantitative estimate of drug-likeness (QED) is 0.775. The van der Waals surface area contributed by atoms with E-state index in [4.69, 9.17) is 5.26 Å². The molecule has 1 saturated carbocycles. The first-order valence-corrected chi connectivity index (χ1v) is 8.18. The Kier molecular flexibility index (Phi) is 6.13. The van der Waals surface area contributed by atoms with Crippen LogP contribution in [0.2, 0.25) is 0 Å². The Morgan fingerprint density at radius 2 is 1.95 bits per heavy atom. The van der Waals surface area contributed by atoms with Crippen molar-refractivity contribution >= 4 is 0 Å². The molecule has 0 bridgehead atoms. The van der Waals surface area contributed by atoms with Gasteiger partial charge in [0.05, 0.1) is 12.0 Å². The van der Waals surface area contributed by atoms with Gasteiger partial charge in [0.1, 0.15) is 0 Å². The van der Waals surface area contributed by atoms with Gasteiger partial charge in [0.15, 0.2) is 0 Å². The summed E-state index contributed by atoms with van der Waals surface area (Å²) in [6.45, 7) is 5.94. The van der Waals surface area contributed by atoms with Crippen LogP contribution in [0.5, 0.6) is 0 Å². The Hall–Kier alpha value is -0.590. The molecule has 0 amide bonds.